The number of aromatic amines is 1. The maximum absolute atomic E-state index is 12.3. The summed E-state index contributed by atoms with van der Waals surface area (Å²) in [6.07, 6.45) is 2.18. The molecule has 1 saturated heterocycles. The lowest BCUT2D eigenvalue weighted by molar-refractivity contribution is -0.0272. The van der Waals surface area contributed by atoms with Crippen molar-refractivity contribution in [2.45, 2.75) is 31.6 Å². The molecule has 0 saturated carbocycles. The molecule has 3 aromatic carbocycles. The van der Waals surface area contributed by atoms with Crippen LogP contribution in [-0.2, 0) is 11.3 Å². The predicted molar refractivity (Wildman–Crippen MR) is 128 cm³/mol. The molecule has 0 spiro atoms. The molecule has 1 aliphatic rings. The summed E-state index contributed by atoms with van der Waals surface area (Å²) >= 11 is 0. The third-order valence-electron chi connectivity index (χ3n) is 6.39. The van der Waals surface area contributed by atoms with Crippen LogP contribution in [0, 0.1) is 0 Å². The summed E-state index contributed by atoms with van der Waals surface area (Å²) in [7, 11) is 0. The Morgan fingerprint density at radius 1 is 0.812 bits per heavy atom. The molecule has 0 aliphatic carbocycles. The van der Waals surface area contributed by atoms with Gasteiger partial charge in [-0.2, -0.15) is 0 Å². The van der Waals surface area contributed by atoms with Gasteiger partial charge in [0, 0.05) is 26.2 Å². The number of ether oxygens (including phenoxy) is 1. The first kappa shape index (κ1) is 20.7. The summed E-state index contributed by atoms with van der Waals surface area (Å²) in [6.45, 7) is 3.54. The molecule has 4 aromatic rings. The Balaban J connectivity index is 1.20. The van der Waals surface area contributed by atoms with Crippen LogP contribution in [0.15, 0.2) is 89.7 Å². The lowest BCUT2D eigenvalue weighted by Gasteiger charge is -2.34. The summed E-state index contributed by atoms with van der Waals surface area (Å²) in [6, 6.07) is 28.8. The van der Waals surface area contributed by atoms with Crippen molar-refractivity contribution in [3.05, 3.63) is 107 Å². The van der Waals surface area contributed by atoms with Crippen LogP contribution in [0.25, 0.3) is 11.0 Å². The van der Waals surface area contributed by atoms with Gasteiger partial charge in [-0.15, -0.1) is 0 Å². The monoisotopic (exact) mass is 427 g/mol. The second-order valence-electron chi connectivity index (χ2n) is 8.48. The molecule has 5 nitrogen and oxygen atoms in total. The van der Waals surface area contributed by atoms with E-state index in [9.17, 15) is 4.79 Å². The van der Waals surface area contributed by atoms with E-state index < -0.39 is 0 Å². The Kier molecular flexibility index (Phi) is 6.19. The fraction of sp³-hybridized carbons (Fsp3) is 0.296. The summed E-state index contributed by atoms with van der Waals surface area (Å²) < 4.78 is 8.50. The Labute approximate surface area is 188 Å². The Bertz CT molecular complexity index is 1150. The second kappa shape index (κ2) is 9.55. The van der Waals surface area contributed by atoms with Crippen molar-refractivity contribution in [2.24, 2.45) is 0 Å². The normalized spacial score (nSPS) is 15.5. The number of hydrogen-bond acceptors (Lipinski definition) is 3. The molecule has 1 aliphatic heterocycles. The van der Waals surface area contributed by atoms with Gasteiger partial charge in [-0.1, -0.05) is 72.8 Å². The van der Waals surface area contributed by atoms with E-state index in [1.165, 1.54) is 11.1 Å². The van der Waals surface area contributed by atoms with E-state index in [0.29, 0.717) is 6.54 Å². The Hall–Kier alpha value is -3.15. The van der Waals surface area contributed by atoms with Crippen molar-refractivity contribution >= 4 is 11.0 Å². The first-order valence-corrected chi connectivity index (χ1v) is 11.4. The SMILES string of the molecule is O=c1[nH]c2ccccc2n1CCN1CCC(OC(c2ccccc2)c2ccccc2)CC1. The summed E-state index contributed by atoms with van der Waals surface area (Å²) in [5.41, 5.74) is 4.24. The zero-order chi connectivity index (χ0) is 21.8. The highest BCUT2D eigenvalue weighted by atomic mass is 16.5. The first-order chi connectivity index (χ1) is 15.8. The van der Waals surface area contributed by atoms with E-state index in [-0.39, 0.29) is 17.9 Å². The van der Waals surface area contributed by atoms with Crippen LogP contribution < -0.4 is 5.69 Å². The van der Waals surface area contributed by atoms with Gasteiger partial charge >= 0.3 is 5.69 Å². The molecule has 0 unspecified atom stereocenters. The molecular weight excluding hydrogens is 398 g/mol. The molecule has 0 bridgehead atoms. The maximum atomic E-state index is 12.3. The number of rotatable bonds is 7. The molecule has 1 aromatic heterocycles. The van der Waals surface area contributed by atoms with Crippen LogP contribution in [0.4, 0.5) is 0 Å². The Morgan fingerprint density at radius 3 is 2.06 bits per heavy atom. The number of likely N-dealkylation sites (tertiary alicyclic amines) is 1. The van der Waals surface area contributed by atoms with Crippen LogP contribution >= 0.6 is 0 Å². The van der Waals surface area contributed by atoms with Crippen LogP contribution in [0.3, 0.4) is 0 Å². The number of nitrogens with zero attached hydrogens (tertiary/aromatic N) is 2. The maximum Gasteiger partial charge on any atom is 0.326 e. The number of fused-ring (bicyclic) bond motifs is 1. The molecule has 1 N–H and O–H groups in total. The zero-order valence-corrected chi connectivity index (χ0v) is 18.2. The van der Waals surface area contributed by atoms with Gasteiger partial charge < -0.3 is 14.6 Å². The summed E-state index contributed by atoms with van der Waals surface area (Å²) in [4.78, 5) is 17.7. The van der Waals surface area contributed by atoms with Crippen LogP contribution in [0.2, 0.25) is 0 Å². The quantitative estimate of drug-likeness (QED) is 0.469. The number of H-pyrrole nitrogens is 1. The number of hydrogen-bond donors (Lipinski definition) is 1. The van der Waals surface area contributed by atoms with E-state index >= 15 is 0 Å². The predicted octanol–water partition coefficient (Wildman–Crippen LogP) is 4.60. The first-order valence-electron chi connectivity index (χ1n) is 11.4. The van der Waals surface area contributed by atoms with E-state index in [4.69, 9.17) is 4.74 Å². The van der Waals surface area contributed by atoms with Gasteiger partial charge in [-0.05, 0) is 36.1 Å². The number of benzene rings is 3. The summed E-state index contributed by atoms with van der Waals surface area (Å²) in [5, 5.41) is 0. The van der Waals surface area contributed by atoms with Gasteiger partial charge in [0.2, 0.25) is 0 Å². The zero-order valence-electron chi connectivity index (χ0n) is 18.2. The number of imidazole rings is 1. The molecule has 164 valence electrons. The number of aromatic nitrogens is 2. The largest absolute Gasteiger partial charge is 0.365 e. The van der Waals surface area contributed by atoms with Crippen molar-refractivity contribution in [3.8, 4) is 0 Å². The van der Waals surface area contributed by atoms with E-state index in [0.717, 1.165) is 43.5 Å². The lowest BCUT2D eigenvalue weighted by atomic mass is 10.00. The average Bonchev–Trinajstić information content (AvgIpc) is 3.18. The van der Waals surface area contributed by atoms with Crippen molar-refractivity contribution in [2.75, 3.05) is 19.6 Å². The molecule has 0 amide bonds. The van der Waals surface area contributed by atoms with Crippen molar-refractivity contribution in [3.63, 3.8) is 0 Å². The molecule has 0 atom stereocenters. The number of nitrogens with one attached hydrogen (secondary N) is 1. The average molecular weight is 428 g/mol. The molecule has 5 rings (SSSR count). The fourth-order valence-electron chi connectivity index (χ4n) is 4.64. The van der Waals surface area contributed by atoms with Gasteiger partial charge in [0.15, 0.2) is 0 Å². The van der Waals surface area contributed by atoms with Gasteiger partial charge in [-0.3, -0.25) is 4.57 Å². The molecule has 1 fully saturated rings. The minimum Gasteiger partial charge on any atom is -0.365 e. The fourth-order valence-corrected chi connectivity index (χ4v) is 4.64. The van der Waals surface area contributed by atoms with Gasteiger partial charge in [0.25, 0.3) is 0 Å². The van der Waals surface area contributed by atoms with Crippen LogP contribution in [-0.4, -0.2) is 40.2 Å². The van der Waals surface area contributed by atoms with Gasteiger partial charge in [0.1, 0.15) is 6.10 Å². The highest BCUT2D eigenvalue weighted by molar-refractivity contribution is 5.74. The van der Waals surface area contributed by atoms with E-state index in [2.05, 4.69) is 58.4 Å². The second-order valence-corrected chi connectivity index (χ2v) is 8.48. The minimum absolute atomic E-state index is 0.0296. The van der Waals surface area contributed by atoms with Crippen molar-refractivity contribution in [1.29, 1.82) is 0 Å². The number of para-hydroxylation sites is 2. The Morgan fingerprint density at radius 2 is 1.41 bits per heavy atom. The highest BCUT2D eigenvalue weighted by Gasteiger charge is 2.24. The van der Waals surface area contributed by atoms with Gasteiger partial charge in [-0.25, -0.2) is 4.79 Å². The van der Waals surface area contributed by atoms with Crippen molar-refractivity contribution < 1.29 is 4.74 Å². The molecule has 5 heteroatoms. The molecule has 2 heterocycles. The molecule has 32 heavy (non-hydrogen) atoms. The topological polar surface area (TPSA) is 50.3 Å². The minimum atomic E-state index is -0.0428. The van der Waals surface area contributed by atoms with E-state index in [1.807, 2.05) is 41.0 Å². The number of piperidine rings is 1. The molecule has 0 radical (unpaired) electrons. The summed E-state index contributed by atoms with van der Waals surface area (Å²) in [5.74, 6) is 0. The van der Waals surface area contributed by atoms with Gasteiger partial charge in [0.05, 0.1) is 17.1 Å². The lowest BCUT2D eigenvalue weighted by Crippen LogP contribution is -2.39. The smallest absolute Gasteiger partial charge is 0.326 e. The standard InChI is InChI=1S/C27H29N3O2/c31-27-28-24-13-7-8-14-25(24)30(27)20-19-29-17-15-23(16-18-29)32-26(21-9-3-1-4-10-21)22-11-5-2-6-12-22/h1-14,23,26H,15-20H2,(H,28,31). The van der Waals surface area contributed by atoms with Crippen LogP contribution in [0.5, 0.6) is 0 Å². The van der Waals surface area contributed by atoms with E-state index in [1.54, 1.807) is 0 Å². The molecular formula is C27H29N3O2. The van der Waals surface area contributed by atoms with Crippen LogP contribution in [0.1, 0.15) is 30.1 Å². The third kappa shape index (κ3) is 4.54. The third-order valence-corrected chi connectivity index (χ3v) is 6.39. The van der Waals surface area contributed by atoms with Crippen molar-refractivity contribution in [1.82, 2.24) is 14.5 Å². The highest BCUT2D eigenvalue weighted by Crippen LogP contribution is 2.30.